The van der Waals surface area contributed by atoms with Gasteiger partial charge in [-0.3, -0.25) is 9.35 Å². The molecule has 1 N–H and O–H groups in total. The van der Waals surface area contributed by atoms with Crippen LogP contribution >= 0.6 is 0 Å². The lowest BCUT2D eigenvalue weighted by Gasteiger charge is -2.22. The zero-order chi connectivity index (χ0) is 12.3. The minimum Gasteiger partial charge on any atom is -0.461 e. The van der Waals surface area contributed by atoms with E-state index in [0.717, 1.165) is 0 Å². The molecule has 0 rings (SSSR count). The van der Waals surface area contributed by atoms with Crippen molar-refractivity contribution in [2.75, 3.05) is 5.75 Å². The molecule has 1 unspecified atom stereocenters. The number of hydrogen-bond donors (Lipinski definition) is 1. The molecule has 0 heterocycles. The maximum atomic E-state index is 11.5. The second-order valence-corrected chi connectivity index (χ2v) is 5.70. The average Bonchev–Trinajstić information content (AvgIpc) is 2.00. The van der Waals surface area contributed by atoms with Gasteiger partial charge in [0, 0.05) is 0 Å². The van der Waals surface area contributed by atoms with Gasteiger partial charge in [0.25, 0.3) is 10.1 Å². The lowest BCUT2D eigenvalue weighted by Crippen LogP contribution is -2.32. The largest absolute Gasteiger partial charge is 0.461 e. The van der Waals surface area contributed by atoms with Crippen LogP contribution in [0.15, 0.2) is 0 Å². The van der Waals surface area contributed by atoms with Crippen molar-refractivity contribution in [2.45, 2.75) is 40.2 Å². The van der Waals surface area contributed by atoms with Gasteiger partial charge in [0.1, 0.15) is 11.9 Å². The van der Waals surface area contributed by atoms with Crippen LogP contribution in [0.5, 0.6) is 0 Å². The minimum absolute atomic E-state index is 0.457. The van der Waals surface area contributed by atoms with E-state index in [9.17, 15) is 13.2 Å². The molecule has 0 radical (unpaired) electrons. The first-order chi connectivity index (χ1) is 6.58. The molecular formula is C9H18O5S. The van der Waals surface area contributed by atoms with Crippen molar-refractivity contribution in [1.29, 1.82) is 0 Å². The van der Waals surface area contributed by atoms with Crippen LogP contribution in [0.2, 0.25) is 0 Å². The average molecular weight is 238 g/mol. The summed E-state index contributed by atoms with van der Waals surface area (Å²) in [6.45, 7) is 6.71. The summed E-state index contributed by atoms with van der Waals surface area (Å²) in [7, 11) is -4.10. The third-order valence-electron chi connectivity index (χ3n) is 2.19. The van der Waals surface area contributed by atoms with Crippen LogP contribution < -0.4 is 0 Å². The Labute approximate surface area is 90.6 Å². The number of esters is 1. The minimum atomic E-state index is -4.10. The Morgan fingerprint density at radius 2 is 1.93 bits per heavy atom. The van der Waals surface area contributed by atoms with Gasteiger partial charge in [0.15, 0.2) is 0 Å². The van der Waals surface area contributed by atoms with Gasteiger partial charge in [-0.25, -0.2) is 0 Å². The second-order valence-electron chi connectivity index (χ2n) is 4.20. The van der Waals surface area contributed by atoms with Crippen molar-refractivity contribution >= 4 is 16.1 Å². The first-order valence-corrected chi connectivity index (χ1v) is 6.35. The monoisotopic (exact) mass is 238 g/mol. The molecule has 0 amide bonds. The number of rotatable bonds is 5. The Balaban J connectivity index is 4.32. The molecule has 1 atom stereocenters. The summed E-state index contributed by atoms with van der Waals surface area (Å²) < 4.78 is 34.5. The van der Waals surface area contributed by atoms with Crippen molar-refractivity contribution in [1.82, 2.24) is 0 Å². The molecular weight excluding hydrogens is 220 g/mol. The Hall–Kier alpha value is -0.620. The normalized spacial score (nSPS) is 14.7. The van der Waals surface area contributed by atoms with Crippen molar-refractivity contribution in [3.05, 3.63) is 0 Å². The van der Waals surface area contributed by atoms with Gasteiger partial charge in [-0.1, -0.05) is 6.92 Å². The first kappa shape index (κ1) is 14.4. The fourth-order valence-corrected chi connectivity index (χ4v) is 1.48. The van der Waals surface area contributed by atoms with Crippen molar-refractivity contribution in [3.8, 4) is 0 Å². The third-order valence-corrected chi connectivity index (χ3v) is 3.08. The van der Waals surface area contributed by atoms with Crippen LogP contribution in [0.1, 0.15) is 34.1 Å². The van der Waals surface area contributed by atoms with Crippen LogP contribution in [0, 0.1) is 5.41 Å². The predicted molar refractivity (Wildman–Crippen MR) is 56.0 cm³/mol. The zero-order valence-corrected chi connectivity index (χ0v) is 10.3. The van der Waals surface area contributed by atoms with Crippen LogP contribution in [0.25, 0.3) is 0 Å². The highest BCUT2D eigenvalue weighted by Crippen LogP contribution is 2.22. The van der Waals surface area contributed by atoms with E-state index in [2.05, 4.69) is 0 Å². The molecule has 0 aliphatic rings. The van der Waals surface area contributed by atoms with Gasteiger partial charge >= 0.3 is 5.97 Å². The summed E-state index contributed by atoms with van der Waals surface area (Å²) in [6.07, 6.45) is -0.233. The fourth-order valence-electron chi connectivity index (χ4n) is 0.817. The first-order valence-electron chi connectivity index (χ1n) is 4.74. The van der Waals surface area contributed by atoms with Gasteiger partial charge in [0.2, 0.25) is 0 Å². The highest BCUT2D eigenvalue weighted by atomic mass is 32.2. The summed E-state index contributed by atoms with van der Waals surface area (Å²) in [6, 6.07) is 0. The summed E-state index contributed by atoms with van der Waals surface area (Å²) in [5.74, 6) is -1.03. The summed E-state index contributed by atoms with van der Waals surface area (Å²) in [5, 5.41) is 0. The van der Waals surface area contributed by atoms with Crippen molar-refractivity contribution < 1.29 is 22.5 Å². The van der Waals surface area contributed by atoms with E-state index in [0.29, 0.717) is 6.42 Å². The number of hydrogen-bond acceptors (Lipinski definition) is 4. The van der Waals surface area contributed by atoms with E-state index in [4.69, 9.17) is 9.29 Å². The lowest BCUT2D eigenvalue weighted by atomic mass is 9.91. The molecule has 0 aromatic rings. The maximum Gasteiger partial charge on any atom is 0.311 e. The second kappa shape index (κ2) is 4.94. The van der Waals surface area contributed by atoms with Crippen LogP contribution in [-0.2, 0) is 19.6 Å². The Bertz CT molecular complexity index is 317. The molecule has 0 aliphatic carbocycles. The van der Waals surface area contributed by atoms with E-state index in [-0.39, 0.29) is 0 Å². The molecule has 90 valence electrons. The highest BCUT2D eigenvalue weighted by Gasteiger charge is 2.29. The molecule has 15 heavy (non-hydrogen) atoms. The lowest BCUT2D eigenvalue weighted by molar-refractivity contribution is -0.157. The molecule has 6 heteroatoms. The van der Waals surface area contributed by atoms with E-state index < -0.39 is 33.4 Å². The molecule has 0 saturated carbocycles. The molecule has 0 bridgehead atoms. The van der Waals surface area contributed by atoms with E-state index >= 15 is 0 Å². The Kier molecular flexibility index (Phi) is 4.73. The summed E-state index contributed by atoms with van der Waals surface area (Å²) >= 11 is 0. The molecule has 0 spiro atoms. The topological polar surface area (TPSA) is 80.7 Å². The zero-order valence-electron chi connectivity index (χ0n) is 9.48. The third kappa shape index (κ3) is 5.74. The van der Waals surface area contributed by atoms with E-state index in [1.165, 1.54) is 6.92 Å². The molecule has 0 aromatic heterocycles. The molecule has 0 aromatic carbocycles. The van der Waals surface area contributed by atoms with Crippen LogP contribution in [0.4, 0.5) is 0 Å². The highest BCUT2D eigenvalue weighted by molar-refractivity contribution is 7.85. The molecule has 0 fully saturated rings. The summed E-state index contributed by atoms with van der Waals surface area (Å²) in [5.41, 5.74) is -0.631. The molecule has 5 nitrogen and oxygen atoms in total. The van der Waals surface area contributed by atoms with Crippen molar-refractivity contribution in [3.63, 3.8) is 0 Å². The Morgan fingerprint density at radius 3 is 2.27 bits per heavy atom. The van der Waals surface area contributed by atoms with Gasteiger partial charge in [0.05, 0.1) is 5.41 Å². The van der Waals surface area contributed by atoms with Gasteiger partial charge in [-0.05, 0) is 27.2 Å². The smallest absolute Gasteiger partial charge is 0.311 e. The summed E-state index contributed by atoms with van der Waals surface area (Å²) in [4.78, 5) is 11.5. The number of carbonyl (C=O) groups excluding carboxylic acids is 1. The molecule has 0 saturated heterocycles. The molecule has 0 aliphatic heterocycles. The van der Waals surface area contributed by atoms with Crippen LogP contribution in [0.3, 0.4) is 0 Å². The SMILES string of the molecule is CCC(C)(C)C(=O)OC(C)CS(=O)(=O)O. The fraction of sp³-hybridized carbons (Fsp3) is 0.889. The Morgan fingerprint density at radius 1 is 1.47 bits per heavy atom. The van der Waals surface area contributed by atoms with Gasteiger partial charge in [-0.15, -0.1) is 0 Å². The maximum absolute atomic E-state index is 11.5. The van der Waals surface area contributed by atoms with E-state index in [1.54, 1.807) is 13.8 Å². The predicted octanol–water partition coefficient (Wildman–Crippen LogP) is 1.24. The van der Waals surface area contributed by atoms with E-state index in [1.807, 2.05) is 6.92 Å². The van der Waals surface area contributed by atoms with Crippen molar-refractivity contribution in [2.24, 2.45) is 5.41 Å². The number of ether oxygens (including phenoxy) is 1. The van der Waals surface area contributed by atoms with Gasteiger partial charge < -0.3 is 4.74 Å². The van der Waals surface area contributed by atoms with Crippen LogP contribution in [-0.4, -0.2) is 30.8 Å². The standard InChI is InChI=1S/C9H18O5S/c1-5-9(3,4)8(10)14-7(2)6-15(11,12)13/h7H,5-6H2,1-4H3,(H,11,12,13). The van der Waals surface area contributed by atoms with Gasteiger partial charge in [-0.2, -0.15) is 8.42 Å². The quantitative estimate of drug-likeness (QED) is 0.575. The number of carbonyl (C=O) groups is 1.